The van der Waals surface area contributed by atoms with Crippen LogP contribution in [0.15, 0.2) is 28.9 Å². The van der Waals surface area contributed by atoms with Crippen LogP contribution in [0.5, 0.6) is 5.75 Å². The van der Waals surface area contributed by atoms with Crippen molar-refractivity contribution in [3.8, 4) is 5.75 Å². The van der Waals surface area contributed by atoms with Gasteiger partial charge in [0.1, 0.15) is 0 Å². The van der Waals surface area contributed by atoms with Gasteiger partial charge in [-0.3, -0.25) is 9.48 Å². The predicted octanol–water partition coefficient (Wildman–Crippen LogP) is 3.95. The van der Waals surface area contributed by atoms with Crippen LogP contribution >= 0.6 is 27.5 Å². The van der Waals surface area contributed by atoms with Gasteiger partial charge in [0.05, 0.1) is 18.3 Å². The van der Waals surface area contributed by atoms with Crippen LogP contribution in [0, 0.1) is 0 Å². The molecule has 20 heavy (non-hydrogen) atoms. The summed E-state index contributed by atoms with van der Waals surface area (Å²) in [7, 11) is 1.52. The van der Waals surface area contributed by atoms with Crippen LogP contribution < -0.4 is 4.74 Å². The van der Waals surface area contributed by atoms with Gasteiger partial charge >= 0.3 is 0 Å². The molecule has 0 amide bonds. The molecule has 0 N–H and O–H groups in total. The Morgan fingerprint density at radius 3 is 2.85 bits per heavy atom. The van der Waals surface area contributed by atoms with Crippen LogP contribution in [0.3, 0.4) is 0 Å². The fraction of sp³-hybridized carbons (Fsp3) is 0.286. The van der Waals surface area contributed by atoms with Gasteiger partial charge in [-0.15, -0.1) is 0 Å². The number of methoxy groups -OCH3 is 1. The van der Waals surface area contributed by atoms with Gasteiger partial charge in [-0.25, -0.2) is 0 Å². The molecule has 2 rings (SSSR count). The Morgan fingerprint density at radius 1 is 1.50 bits per heavy atom. The van der Waals surface area contributed by atoms with Crippen LogP contribution in [0.4, 0.5) is 0 Å². The van der Waals surface area contributed by atoms with E-state index in [2.05, 4.69) is 21.0 Å². The van der Waals surface area contributed by atoms with Crippen LogP contribution in [0.1, 0.15) is 29.4 Å². The van der Waals surface area contributed by atoms with Gasteiger partial charge in [-0.2, -0.15) is 5.10 Å². The van der Waals surface area contributed by atoms with E-state index in [9.17, 15) is 4.79 Å². The average molecular weight is 358 g/mol. The number of carbonyl (C=O) groups is 1. The highest BCUT2D eigenvalue weighted by Crippen LogP contribution is 2.27. The van der Waals surface area contributed by atoms with Crippen molar-refractivity contribution < 1.29 is 9.53 Å². The van der Waals surface area contributed by atoms with E-state index in [0.29, 0.717) is 28.6 Å². The van der Waals surface area contributed by atoms with Gasteiger partial charge in [0, 0.05) is 16.6 Å². The Bertz CT molecular complexity index is 640. The van der Waals surface area contributed by atoms with Gasteiger partial charge < -0.3 is 4.74 Å². The zero-order chi connectivity index (χ0) is 14.7. The molecule has 0 spiro atoms. The number of nitrogens with zero attached hydrogens (tertiary/aromatic N) is 2. The summed E-state index contributed by atoms with van der Waals surface area (Å²) in [6, 6.07) is 5.17. The number of ketones is 1. The van der Waals surface area contributed by atoms with Crippen LogP contribution in [0.2, 0.25) is 5.02 Å². The molecule has 0 unspecified atom stereocenters. The summed E-state index contributed by atoms with van der Waals surface area (Å²) >= 11 is 9.47. The number of hydrogen-bond donors (Lipinski definition) is 0. The molecule has 0 saturated carbocycles. The highest BCUT2D eigenvalue weighted by atomic mass is 79.9. The summed E-state index contributed by atoms with van der Waals surface area (Å²) in [6.07, 6.45) is 2.43. The summed E-state index contributed by atoms with van der Waals surface area (Å²) in [5, 5.41) is 4.59. The number of halogens is 2. The van der Waals surface area contributed by atoms with Crippen LogP contribution in [-0.4, -0.2) is 22.7 Å². The van der Waals surface area contributed by atoms with Crippen molar-refractivity contribution in [1.29, 1.82) is 0 Å². The summed E-state index contributed by atoms with van der Waals surface area (Å²) in [4.78, 5) is 12.7. The fourth-order valence-electron chi connectivity index (χ4n) is 1.93. The second-order valence-corrected chi connectivity index (χ2v) is 5.56. The van der Waals surface area contributed by atoms with E-state index in [1.165, 1.54) is 7.11 Å². The molecule has 2 aromatic rings. The number of ether oxygens (including phenoxy) is 1. The largest absolute Gasteiger partial charge is 0.493 e. The minimum Gasteiger partial charge on any atom is -0.493 e. The molecule has 0 radical (unpaired) electrons. The molecule has 0 saturated heterocycles. The van der Waals surface area contributed by atoms with Gasteiger partial charge in [0.2, 0.25) is 5.78 Å². The molecule has 0 bridgehead atoms. The molecular weight excluding hydrogens is 344 g/mol. The van der Waals surface area contributed by atoms with Crippen molar-refractivity contribution in [3.63, 3.8) is 0 Å². The highest BCUT2D eigenvalue weighted by molar-refractivity contribution is 9.10. The number of benzene rings is 1. The first-order valence-electron chi connectivity index (χ1n) is 6.18. The maximum atomic E-state index is 12.7. The molecule has 1 heterocycles. The summed E-state index contributed by atoms with van der Waals surface area (Å²) in [5.41, 5.74) is 0.865. The molecule has 0 aliphatic heterocycles. The van der Waals surface area contributed by atoms with Gasteiger partial charge in [0.15, 0.2) is 11.4 Å². The second-order valence-electron chi connectivity index (χ2n) is 4.24. The first-order valence-corrected chi connectivity index (χ1v) is 7.35. The fourth-order valence-corrected chi connectivity index (χ4v) is 2.69. The SMILES string of the molecule is CCCn1ncc(OC)c1C(=O)c1ccc(Br)cc1Cl. The van der Waals surface area contributed by atoms with E-state index < -0.39 is 0 Å². The first-order chi connectivity index (χ1) is 9.58. The number of hydrogen-bond acceptors (Lipinski definition) is 3. The van der Waals surface area contributed by atoms with E-state index in [-0.39, 0.29) is 5.78 Å². The van der Waals surface area contributed by atoms with E-state index >= 15 is 0 Å². The van der Waals surface area contributed by atoms with Crippen LogP contribution in [0.25, 0.3) is 0 Å². The predicted molar refractivity (Wildman–Crippen MR) is 81.7 cm³/mol. The van der Waals surface area contributed by atoms with E-state index in [1.807, 2.05) is 6.92 Å². The van der Waals surface area contributed by atoms with E-state index in [4.69, 9.17) is 16.3 Å². The third-order valence-corrected chi connectivity index (χ3v) is 3.66. The Hall–Kier alpha value is -1.33. The van der Waals surface area contributed by atoms with Gasteiger partial charge in [-0.1, -0.05) is 34.5 Å². The van der Waals surface area contributed by atoms with E-state index in [1.54, 1.807) is 29.1 Å². The quantitative estimate of drug-likeness (QED) is 0.761. The normalized spacial score (nSPS) is 10.6. The van der Waals surface area contributed by atoms with E-state index in [0.717, 1.165) is 10.9 Å². The summed E-state index contributed by atoms with van der Waals surface area (Å²) in [6.45, 7) is 2.67. The lowest BCUT2D eigenvalue weighted by Crippen LogP contribution is -2.13. The van der Waals surface area contributed by atoms with Crippen molar-refractivity contribution >= 4 is 33.3 Å². The Balaban J connectivity index is 2.49. The molecule has 1 aromatic heterocycles. The minimum atomic E-state index is -0.190. The molecule has 4 nitrogen and oxygen atoms in total. The number of aromatic nitrogens is 2. The second kappa shape index (κ2) is 6.41. The lowest BCUT2D eigenvalue weighted by Gasteiger charge is -2.09. The van der Waals surface area contributed by atoms with Gasteiger partial charge in [-0.05, 0) is 24.6 Å². The molecule has 6 heteroatoms. The maximum Gasteiger partial charge on any atom is 0.216 e. The lowest BCUT2D eigenvalue weighted by atomic mass is 10.1. The third-order valence-electron chi connectivity index (χ3n) is 2.85. The molecule has 0 aliphatic rings. The monoisotopic (exact) mass is 356 g/mol. The average Bonchev–Trinajstić information content (AvgIpc) is 2.81. The molecule has 0 atom stereocenters. The molecular formula is C14H14BrClN2O2. The Labute approximate surface area is 130 Å². The Morgan fingerprint density at radius 2 is 2.25 bits per heavy atom. The third kappa shape index (κ3) is 2.88. The maximum absolute atomic E-state index is 12.7. The van der Waals surface area contributed by atoms with Crippen molar-refractivity contribution in [1.82, 2.24) is 9.78 Å². The van der Waals surface area contributed by atoms with Gasteiger partial charge in [0.25, 0.3) is 0 Å². The van der Waals surface area contributed by atoms with Crippen molar-refractivity contribution in [2.75, 3.05) is 7.11 Å². The summed E-state index contributed by atoms with van der Waals surface area (Å²) in [5.74, 6) is 0.271. The molecule has 1 aromatic carbocycles. The Kier molecular flexibility index (Phi) is 4.83. The molecule has 106 valence electrons. The highest BCUT2D eigenvalue weighted by Gasteiger charge is 2.22. The topological polar surface area (TPSA) is 44.1 Å². The number of carbonyl (C=O) groups excluding carboxylic acids is 1. The van der Waals surface area contributed by atoms with Crippen molar-refractivity contribution in [2.45, 2.75) is 19.9 Å². The molecule has 0 fully saturated rings. The lowest BCUT2D eigenvalue weighted by molar-refractivity contribution is 0.102. The minimum absolute atomic E-state index is 0.190. The standard InChI is InChI=1S/C14H14BrClN2O2/c1-3-6-18-13(12(20-2)8-17-18)14(19)10-5-4-9(15)7-11(10)16/h4-5,7-8H,3,6H2,1-2H3. The van der Waals surface area contributed by atoms with Crippen LogP contribution in [-0.2, 0) is 6.54 Å². The number of aryl methyl sites for hydroxylation is 1. The molecule has 0 aliphatic carbocycles. The van der Waals surface area contributed by atoms with Crippen molar-refractivity contribution in [3.05, 3.63) is 45.1 Å². The zero-order valence-electron chi connectivity index (χ0n) is 11.2. The number of rotatable bonds is 5. The smallest absolute Gasteiger partial charge is 0.216 e. The first kappa shape index (κ1) is 15.1. The zero-order valence-corrected chi connectivity index (χ0v) is 13.5. The summed E-state index contributed by atoms with van der Waals surface area (Å²) < 4.78 is 7.70. The van der Waals surface area contributed by atoms with Crippen molar-refractivity contribution in [2.24, 2.45) is 0 Å².